The normalized spacial score (nSPS) is 16.4. The number of aryl methyl sites for hydroxylation is 2. The quantitative estimate of drug-likeness (QED) is 0.537. The molecule has 13 heteroatoms. The van der Waals surface area contributed by atoms with Crippen molar-refractivity contribution in [1.82, 2.24) is 29.4 Å². The van der Waals surface area contributed by atoms with Gasteiger partial charge in [-0.05, 0) is 45.6 Å². The molecule has 1 fully saturated rings. The van der Waals surface area contributed by atoms with Gasteiger partial charge in [0, 0.05) is 37.9 Å². The Morgan fingerprint density at radius 1 is 1.20 bits per heavy atom. The van der Waals surface area contributed by atoms with Gasteiger partial charge in [-0.15, -0.1) is 5.10 Å². The zero-order chi connectivity index (χ0) is 25.9. The molecule has 10 nitrogen and oxygen atoms in total. The van der Waals surface area contributed by atoms with Gasteiger partial charge in [0.25, 0.3) is 11.6 Å². The van der Waals surface area contributed by atoms with Gasteiger partial charge in [0.1, 0.15) is 0 Å². The largest absolute Gasteiger partial charge is 0.466 e. The molecule has 1 saturated heterocycles. The van der Waals surface area contributed by atoms with E-state index in [2.05, 4.69) is 15.1 Å². The molecular formula is C22H29F3N6O4. The number of hydrogen-bond acceptors (Lipinski definition) is 7. The van der Waals surface area contributed by atoms with Crippen molar-refractivity contribution in [3.8, 4) is 0 Å². The number of likely N-dealkylation sites (tertiary alicyclic amines) is 1. The van der Waals surface area contributed by atoms with E-state index < -0.39 is 12.0 Å². The van der Waals surface area contributed by atoms with E-state index in [1.54, 1.807) is 25.7 Å². The number of esters is 1. The van der Waals surface area contributed by atoms with Crippen molar-refractivity contribution in [2.24, 2.45) is 5.92 Å². The number of halogens is 3. The molecule has 2 aromatic rings. The number of aromatic nitrogens is 4. The number of hydrogen-bond donors (Lipinski definition) is 0. The van der Waals surface area contributed by atoms with Crippen molar-refractivity contribution < 1.29 is 32.3 Å². The van der Waals surface area contributed by atoms with E-state index in [1.165, 1.54) is 11.9 Å². The molecule has 1 unspecified atom stereocenters. The molecule has 0 N–H and O–H groups in total. The summed E-state index contributed by atoms with van der Waals surface area (Å²) in [4.78, 5) is 47.8. The highest BCUT2D eigenvalue weighted by molar-refractivity contribution is 5.85. The van der Waals surface area contributed by atoms with E-state index in [0.29, 0.717) is 36.3 Å². The maximum atomic E-state index is 13.0. The lowest BCUT2D eigenvalue weighted by atomic mass is 9.98. The summed E-state index contributed by atoms with van der Waals surface area (Å²) in [5.74, 6) is -2.68. The van der Waals surface area contributed by atoms with Gasteiger partial charge in [-0.3, -0.25) is 14.4 Å². The molecule has 0 radical (unpaired) electrons. The summed E-state index contributed by atoms with van der Waals surface area (Å²) in [7, 11) is 1.52. The van der Waals surface area contributed by atoms with Crippen LogP contribution in [0.3, 0.4) is 0 Å². The van der Waals surface area contributed by atoms with Crippen molar-refractivity contribution >= 4 is 23.6 Å². The Bertz CT molecular complexity index is 1120. The van der Waals surface area contributed by atoms with Gasteiger partial charge in [-0.2, -0.15) is 18.2 Å². The molecule has 0 spiro atoms. The molecule has 1 atom stereocenters. The first kappa shape index (κ1) is 26.4. The van der Waals surface area contributed by atoms with Gasteiger partial charge in [-0.1, -0.05) is 0 Å². The molecular weight excluding hydrogens is 469 g/mol. The predicted octanol–water partition coefficient (Wildman–Crippen LogP) is 1.95. The summed E-state index contributed by atoms with van der Waals surface area (Å²) in [6.45, 7) is 5.88. The molecule has 2 amide bonds. The van der Waals surface area contributed by atoms with E-state index in [0.717, 1.165) is 4.52 Å². The second-order valence-corrected chi connectivity index (χ2v) is 8.59. The van der Waals surface area contributed by atoms with Gasteiger partial charge in [0.05, 0.1) is 19.1 Å². The number of carbonyl (C=O) groups is 3. The standard InChI is InChI=1S/C22H29F3N6O4/c1-5-35-19(34)15-7-6-10-30(11-15)18(33)12-29(4)17(32)9-8-16-13(2)26-21-27-20(22(23,24)25)28-31(21)14(16)3/h15H,5-12H2,1-4H3. The van der Waals surface area contributed by atoms with Crippen LogP contribution >= 0.6 is 0 Å². The molecule has 0 bridgehead atoms. The number of alkyl halides is 3. The highest BCUT2D eigenvalue weighted by atomic mass is 19.4. The minimum Gasteiger partial charge on any atom is -0.466 e. The number of piperidine rings is 1. The summed E-state index contributed by atoms with van der Waals surface area (Å²) >= 11 is 0. The van der Waals surface area contributed by atoms with Gasteiger partial charge in [0.2, 0.25) is 11.8 Å². The van der Waals surface area contributed by atoms with Crippen molar-refractivity contribution in [1.29, 1.82) is 0 Å². The Labute approximate surface area is 200 Å². The average Bonchev–Trinajstić information content (AvgIpc) is 3.23. The van der Waals surface area contributed by atoms with Crippen LogP contribution in [-0.2, 0) is 31.7 Å². The van der Waals surface area contributed by atoms with E-state index in [1.807, 2.05) is 0 Å². The molecule has 0 saturated carbocycles. The van der Waals surface area contributed by atoms with Crippen molar-refractivity contribution in [3.05, 3.63) is 22.8 Å². The molecule has 3 heterocycles. The predicted molar refractivity (Wildman–Crippen MR) is 117 cm³/mol. The lowest BCUT2D eigenvalue weighted by molar-refractivity contribution is -0.152. The first-order chi connectivity index (χ1) is 16.4. The molecule has 192 valence electrons. The van der Waals surface area contributed by atoms with Gasteiger partial charge in [0.15, 0.2) is 0 Å². The van der Waals surface area contributed by atoms with Crippen LogP contribution in [0.5, 0.6) is 0 Å². The number of nitrogens with zero attached hydrogens (tertiary/aromatic N) is 6. The Kier molecular flexibility index (Phi) is 7.96. The summed E-state index contributed by atoms with van der Waals surface area (Å²) < 4.78 is 45.0. The van der Waals surface area contributed by atoms with Crippen molar-refractivity contribution in [3.63, 3.8) is 0 Å². The Morgan fingerprint density at radius 2 is 1.91 bits per heavy atom. The Hall–Kier alpha value is -3.25. The van der Waals surface area contributed by atoms with Gasteiger partial charge < -0.3 is 14.5 Å². The highest BCUT2D eigenvalue weighted by Crippen LogP contribution is 2.27. The van der Waals surface area contributed by atoms with Crippen LogP contribution in [0.25, 0.3) is 5.78 Å². The number of rotatable bonds is 7. The highest BCUT2D eigenvalue weighted by Gasteiger charge is 2.37. The Morgan fingerprint density at radius 3 is 2.57 bits per heavy atom. The number of carbonyl (C=O) groups excluding carboxylic acids is 3. The topological polar surface area (TPSA) is 110 Å². The zero-order valence-electron chi connectivity index (χ0n) is 20.2. The number of likely N-dealkylation sites (N-methyl/N-ethyl adjacent to an activating group) is 1. The summed E-state index contributed by atoms with van der Waals surface area (Å²) in [5, 5.41) is 3.51. The number of ether oxygens (including phenoxy) is 1. The van der Waals surface area contributed by atoms with E-state index in [4.69, 9.17) is 4.74 Å². The lowest BCUT2D eigenvalue weighted by Gasteiger charge is -2.32. The third-order valence-corrected chi connectivity index (χ3v) is 6.08. The van der Waals surface area contributed by atoms with Crippen LogP contribution in [0.15, 0.2) is 0 Å². The molecule has 1 aliphatic heterocycles. The van der Waals surface area contributed by atoms with Crippen LogP contribution < -0.4 is 0 Å². The third kappa shape index (κ3) is 6.06. The minimum atomic E-state index is -4.69. The minimum absolute atomic E-state index is 0.0327. The third-order valence-electron chi connectivity index (χ3n) is 6.08. The second-order valence-electron chi connectivity index (χ2n) is 8.59. The molecule has 35 heavy (non-hydrogen) atoms. The maximum absolute atomic E-state index is 13.0. The fourth-order valence-corrected chi connectivity index (χ4v) is 4.16. The molecule has 1 aliphatic rings. The zero-order valence-corrected chi connectivity index (χ0v) is 20.2. The fraction of sp³-hybridized carbons (Fsp3) is 0.636. The summed E-state index contributed by atoms with van der Waals surface area (Å²) in [6, 6.07) is 0. The van der Waals surface area contributed by atoms with E-state index in [9.17, 15) is 27.6 Å². The van der Waals surface area contributed by atoms with Crippen molar-refractivity contribution in [2.45, 2.75) is 52.6 Å². The summed E-state index contributed by atoms with van der Waals surface area (Å²) in [5.41, 5.74) is 1.47. The van der Waals surface area contributed by atoms with Crippen LogP contribution in [0, 0.1) is 19.8 Å². The second kappa shape index (κ2) is 10.6. The van der Waals surface area contributed by atoms with Crippen molar-refractivity contribution in [2.75, 3.05) is 33.3 Å². The van der Waals surface area contributed by atoms with E-state index >= 15 is 0 Å². The number of fused-ring (bicyclic) bond motifs is 1. The molecule has 3 rings (SSSR count). The summed E-state index contributed by atoms with van der Waals surface area (Å²) in [6.07, 6.45) is -3.10. The first-order valence-electron chi connectivity index (χ1n) is 11.4. The molecule has 2 aromatic heterocycles. The van der Waals surface area contributed by atoms with Crippen LogP contribution in [0.2, 0.25) is 0 Å². The Balaban J connectivity index is 1.61. The first-order valence-corrected chi connectivity index (χ1v) is 11.4. The van der Waals surface area contributed by atoms with E-state index in [-0.39, 0.29) is 62.0 Å². The van der Waals surface area contributed by atoms with Crippen LogP contribution in [0.1, 0.15) is 49.0 Å². The monoisotopic (exact) mass is 498 g/mol. The molecule has 0 aromatic carbocycles. The van der Waals surface area contributed by atoms with Gasteiger partial charge in [-0.25, -0.2) is 9.50 Å². The maximum Gasteiger partial charge on any atom is 0.453 e. The molecule has 0 aliphatic carbocycles. The fourth-order valence-electron chi connectivity index (χ4n) is 4.16. The van der Waals surface area contributed by atoms with Crippen LogP contribution in [0.4, 0.5) is 13.2 Å². The van der Waals surface area contributed by atoms with Gasteiger partial charge >= 0.3 is 12.1 Å². The lowest BCUT2D eigenvalue weighted by Crippen LogP contribution is -2.47. The number of amides is 2. The SMILES string of the molecule is CCOC(=O)C1CCCN(C(=O)CN(C)C(=O)CCc2c(C)nc3nc(C(F)(F)F)nn3c2C)C1. The average molecular weight is 499 g/mol. The smallest absolute Gasteiger partial charge is 0.453 e. The van der Waals surface area contributed by atoms with Crippen LogP contribution in [-0.4, -0.2) is 80.5 Å².